The summed E-state index contributed by atoms with van der Waals surface area (Å²) in [5, 5.41) is 2.40. The summed E-state index contributed by atoms with van der Waals surface area (Å²) in [6, 6.07) is 8.10. The van der Waals surface area contributed by atoms with E-state index in [0.29, 0.717) is 0 Å². The molecule has 0 radical (unpaired) electrons. The van der Waals surface area contributed by atoms with Gasteiger partial charge in [-0.15, -0.1) is 0 Å². The Bertz CT molecular complexity index is 509. The van der Waals surface area contributed by atoms with E-state index < -0.39 is 30.8 Å². The SMILES string of the molecule is CC(C)[C@H](N)C(=O)NCC(=O)N(Cc1ccccc1)CC(F)F. The summed E-state index contributed by atoms with van der Waals surface area (Å²) in [6.45, 7) is 2.60. The Balaban J connectivity index is 2.63. The minimum absolute atomic E-state index is 0.0656. The smallest absolute Gasteiger partial charge is 0.255 e. The molecule has 5 nitrogen and oxygen atoms in total. The quantitative estimate of drug-likeness (QED) is 0.757. The predicted molar refractivity (Wildman–Crippen MR) is 83.7 cm³/mol. The lowest BCUT2D eigenvalue weighted by atomic mass is 10.1. The number of rotatable bonds is 8. The average Bonchev–Trinajstić information content (AvgIpc) is 2.51. The first kappa shape index (κ1) is 19.0. The van der Waals surface area contributed by atoms with Crippen molar-refractivity contribution < 1.29 is 18.4 Å². The van der Waals surface area contributed by atoms with Crippen LogP contribution >= 0.6 is 0 Å². The second kappa shape index (κ2) is 9.19. The molecule has 1 atom stereocenters. The van der Waals surface area contributed by atoms with Crippen LogP contribution in [0.5, 0.6) is 0 Å². The highest BCUT2D eigenvalue weighted by atomic mass is 19.3. The van der Waals surface area contributed by atoms with E-state index in [2.05, 4.69) is 5.32 Å². The van der Waals surface area contributed by atoms with E-state index >= 15 is 0 Å². The molecule has 0 bridgehead atoms. The van der Waals surface area contributed by atoms with Crippen LogP contribution in [0, 0.1) is 5.92 Å². The molecule has 0 saturated heterocycles. The number of nitrogens with one attached hydrogen (secondary N) is 1. The van der Waals surface area contributed by atoms with E-state index in [1.54, 1.807) is 44.2 Å². The fourth-order valence-corrected chi connectivity index (χ4v) is 1.92. The van der Waals surface area contributed by atoms with E-state index in [1.165, 1.54) is 0 Å². The van der Waals surface area contributed by atoms with Gasteiger partial charge in [0, 0.05) is 6.54 Å². The van der Waals surface area contributed by atoms with Gasteiger partial charge in [-0.2, -0.15) is 0 Å². The Labute approximate surface area is 134 Å². The molecule has 1 aromatic carbocycles. The summed E-state index contributed by atoms with van der Waals surface area (Å²) in [5.74, 6) is -1.12. The van der Waals surface area contributed by atoms with Gasteiger partial charge in [0.1, 0.15) is 0 Å². The second-order valence-electron chi connectivity index (χ2n) is 5.64. The molecule has 1 aromatic rings. The number of carbonyl (C=O) groups excluding carboxylic acids is 2. The maximum atomic E-state index is 12.7. The molecule has 0 aliphatic heterocycles. The van der Waals surface area contributed by atoms with Gasteiger partial charge in [0.25, 0.3) is 6.43 Å². The van der Waals surface area contributed by atoms with Gasteiger partial charge in [0.15, 0.2) is 0 Å². The van der Waals surface area contributed by atoms with Crippen molar-refractivity contribution in [2.24, 2.45) is 11.7 Å². The molecule has 1 rings (SSSR count). The summed E-state index contributed by atoms with van der Waals surface area (Å²) in [5.41, 5.74) is 6.41. The van der Waals surface area contributed by atoms with Crippen LogP contribution in [0.25, 0.3) is 0 Å². The van der Waals surface area contributed by atoms with Crippen LogP contribution < -0.4 is 11.1 Å². The fourth-order valence-electron chi connectivity index (χ4n) is 1.92. The van der Waals surface area contributed by atoms with Gasteiger partial charge < -0.3 is 16.0 Å². The van der Waals surface area contributed by atoms with Crippen molar-refractivity contribution in [2.75, 3.05) is 13.1 Å². The summed E-state index contributed by atoms with van der Waals surface area (Å²) in [6.07, 6.45) is -2.64. The first-order chi connectivity index (χ1) is 10.8. The van der Waals surface area contributed by atoms with E-state index in [1.807, 2.05) is 0 Å². The molecule has 7 heteroatoms. The van der Waals surface area contributed by atoms with E-state index in [-0.39, 0.29) is 19.0 Å². The van der Waals surface area contributed by atoms with Crippen LogP contribution in [0.1, 0.15) is 19.4 Å². The summed E-state index contributed by atoms with van der Waals surface area (Å²) in [4.78, 5) is 24.9. The predicted octanol–water partition coefficient (Wildman–Crippen LogP) is 1.38. The molecule has 0 heterocycles. The lowest BCUT2D eigenvalue weighted by Crippen LogP contribution is -2.48. The number of hydrogen-bond acceptors (Lipinski definition) is 3. The molecule has 0 aliphatic carbocycles. The van der Waals surface area contributed by atoms with E-state index in [4.69, 9.17) is 5.73 Å². The molecule has 0 saturated carbocycles. The third-order valence-electron chi connectivity index (χ3n) is 3.36. The van der Waals surface area contributed by atoms with Crippen LogP contribution in [0.3, 0.4) is 0 Å². The van der Waals surface area contributed by atoms with Gasteiger partial charge in [-0.1, -0.05) is 44.2 Å². The zero-order valence-electron chi connectivity index (χ0n) is 13.3. The number of nitrogens with zero attached hydrogens (tertiary/aromatic N) is 1. The first-order valence-electron chi connectivity index (χ1n) is 7.44. The van der Waals surface area contributed by atoms with Gasteiger partial charge in [-0.05, 0) is 11.5 Å². The Morgan fingerprint density at radius 3 is 2.35 bits per heavy atom. The molecule has 0 aliphatic rings. The summed E-state index contributed by atoms with van der Waals surface area (Å²) in [7, 11) is 0. The van der Waals surface area contributed by atoms with Crippen molar-refractivity contribution >= 4 is 11.8 Å². The molecule has 23 heavy (non-hydrogen) atoms. The van der Waals surface area contributed by atoms with E-state index in [9.17, 15) is 18.4 Å². The number of hydrogen-bond donors (Lipinski definition) is 2. The standard InChI is InChI=1S/C16H23F2N3O2/c1-11(2)15(19)16(23)20-8-14(22)21(10-13(17)18)9-12-6-4-3-5-7-12/h3-7,11,13,15H,8-10,19H2,1-2H3,(H,20,23)/t15-/m0/s1. The number of alkyl halides is 2. The van der Waals surface area contributed by atoms with Crippen molar-refractivity contribution in [3.05, 3.63) is 35.9 Å². The first-order valence-corrected chi connectivity index (χ1v) is 7.44. The number of amides is 2. The molecule has 0 fully saturated rings. The maximum Gasteiger partial charge on any atom is 0.255 e. The Morgan fingerprint density at radius 1 is 1.22 bits per heavy atom. The maximum absolute atomic E-state index is 12.7. The molecule has 0 spiro atoms. The zero-order valence-corrected chi connectivity index (χ0v) is 13.3. The normalized spacial score (nSPS) is 12.3. The highest BCUT2D eigenvalue weighted by Crippen LogP contribution is 2.07. The molecule has 3 N–H and O–H groups in total. The molecular weight excluding hydrogens is 304 g/mol. The largest absolute Gasteiger partial charge is 0.346 e. The molecular formula is C16H23F2N3O2. The van der Waals surface area contributed by atoms with Crippen LogP contribution in [-0.4, -0.2) is 42.3 Å². The highest BCUT2D eigenvalue weighted by molar-refractivity contribution is 5.87. The molecule has 0 unspecified atom stereocenters. The lowest BCUT2D eigenvalue weighted by molar-refractivity contribution is -0.135. The van der Waals surface area contributed by atoms with Crippen molar-refractivity contribution in [1.29, 1.82) is 0 Å². The third-order valence-corrected chi connectivity index (χ3v) is 3.36. The minimum atomic E-state index is -2.64. The van der Waals surface area contributed by atoms with Gasteiger partial charge >= 0.3 is 0 Å². The van der Waals surface area contributed by atoms with Crippen molar-refractivity contribution in [1.82, 2.24) is 10.2 Å². The summed E-state index contributed by atoms with van der Waals surface area (Å²) < 4.78 is 25.4. The highest BCUT2D eigenvalue weighted by Gasteiger charge is 2.21. The zero-order chi connectivity index (χ0) is 17.4. The number of halogens is 2. The fraction of sp³-hybridized carbons (Fsp3) is 0.500. The van der Waals surface area contributed by atoms with Crippen LogP contribution in [0.4, 0.5) is 8.78 Å². The van der Waals surface area contributed by atoms with Crippen molar-refractivity contribution in [3.63, 3.8) is 0 Å². The number of carbonyl (C=O) groups is 2. The average molecular weight is 327 g/mol. The molecule has 0 aromatic heterocycles. The lowest BCUT2D eigenvalue weighted by Gasteiger charge is -2.23. The monoisotopic (exact) mass is 327 g/mol. The topological polar surface area (TPSA) is 75.4 Å². The van der Waals surface area contributed by atoms with Crippen LogP contribution in [-0.2, 0) is 16.1 Å². The number of benzene rings is 1. The van der Waals surface area contributed by atoms with Gasteiger partial charge in [0.05, 0.1) is 19.1 Å². The Morgan fingerprint density at radius 2 is 1.83 bits per heavy atom. The van der Waals surface area contributed by atoms with Crippen molar-refractivity contribution in [2.45, 2.75) is 32.9 Å². The third kappa shape index (κ3) is 6.73. The van der Waals surface area contributed by atoms with Gasteiger partial charge in [-0.25, -0.2) is 8.78 Å². The van der Waals surface area contributed by atoms with Gasteiger partial charge in [0.2, 0.25) is 11.8 Å². The van der Waals surface area contributed by atoms with Crippen LogP contribution in [0.15, 0.2) is 30.3 Å². The van der Waals surface area contributed by atoms with Crippen LogP contribution in [0.2, 0.25) is 0 Å². The molecule has 2 amide bonds. The number of nitrogens with two attached hydrogens (primary N) is 1. The van der Waals surface area contributed by atoms with Crippen molar-refractivity contribution in [3.8, 4) is 0 Å². The molecule has 128 valence electrons. The van der Waals surface area contributed by atoms with E-state index in [0.717, 1.165) is 10.5 Å². The summed E-state index contributed by atoms with van der Waals surface area (Å²) >= 11 is 0. The second-order valence-corrected chi connectivity index (χ2v) is 5.64. The van der Waals surface area contributed by atoms with Gasteiger partial charge in [-0.3, -0.25) is 9.59 Å². The Kier molecular flexibility index (Phi) is 7.61. The minimum Gasteiger partial charge on any atom is -0.346 e. The Hall–Kier alpha value is -2.02.